The van der Waals surface area contributed by atoms with Crippen LogP contribution in [0.2, 0.25) is 0 Å². The highest BCUT2D eigenvalue weighted by molar-refractivity contribution is 5.95. The van der Waals surface area contributed by atoms with E-state index in [2.05, 4.69) is 10.3 Å². The summed E-state index contributed by atoms with van der Waals surface area (Å²) in [5, 5.41) is 11.6. The average Bonchev–Trinajstić information content (AvgIpc) is 2.36. The van der Waals surface area contributed by atoms with Crippen LogP contribution in [0.5, 0.6) is 5.75 Å². The zero-order chi connectivity index (χ0) is 15.3. The zero-order valence-electron chi connectivity index (χ0n) is 12.1. The Morgan fingerprint density at radius 1 is 1.45 bits per heavy atom. The summed E-state index contributed by atoms with van der Waals surface area (Å²) in [7, 11) is 0. The molecule has 0 aliphatic carbocycles. The molecule has 0 bridgehead atoms. The summed E-state index contributed by atoms with van der Waals surface area (Å²) in [6, 6.07) is 3.33. The maximum Gasteiger partial charge on any atom is 0.310 e. The van der Waals surface area contributed by atoms with Gasteiger partial charge in [-0.15, -0.1) is 0 Å². The Balaban J connectivity index is 2.80. The average molecular weight is 280 g/mol. The molecule has 0 spiro atoms. The standard InChI is InChI=1S/C14H20N2O4/c1-9(2)20-10-6-5-7-15-11(10)12(17)16-8-14(3,4)13(18)19/h5-7,9H,8H2,1-4H3,(H,16,17)(H,18,19). The third-order valence-corrected chi connectivity index (χ3v) is 2.62. The van der Waals surface area contributed by atoms with E-state index in [1.54, 1.807) is 26.0 Å². The second kappa shape index (κ2) is 6.36. The number of hydrogen-bond donors (Lipinski definition) is 2. The van der Waals surface area contributed by atoms with Crippen molar-refractivity contribution in [2.75, 3.05) is 6.54 Å². The van der Waals surface area contributed by atoms with Crippen molar-refractivity contribution in [2.45, 2.75) is 33.8 Å². The highest BCUT2D eigenvalue weighted by Crippen LogP contribution is 2.18. The van der Waals surface area contributed by atoms with E-state index in [9.17, 15) is 9.59 Å². The number of pyridine rings is 1. The number of nitrogens with one attached hydrogen (secondary N) is 1. The van der Waals surface area contributed by atoms with Crippen molar-refractivity contribution in [1.82, 2.24) is 10.3 Å². The van der Waals surface area contributed by atoms with Crippen molar-refractivity contribution < 1.29 is 19.4 Å². The Labute approximate surface area is 118 Å². The summed E-state index contributed by atoms with van der Waals surface area (Å²) in [6.07, 6.45) is 1.41. The molecule has 6 heteroatoms. The van der Waals surface area contributed by atoms with Gasteiger partial charge in [0.25, 0.3) is 5.91 Å². The van der Waals surface area contributed by atoms with Gasteiger partial charge in [-0.2, -0.15) is 0 Å². The lowest BCUT2D eigenvalue weighted by molar-refractivity contribution is -0.146. The molecule has 0 unspecified atom stereocenters. The van der Waals surface area contributed by atoms with Crippen LogP contribution in [0.15, 0.2) is 18.3 Å². The second-order valence-electron chi connectivity index (χ2n) is 5.39. The molecule has 20 heavy (non-hydrogen) atoms. The number of ether oxygens (including phenoxy) is 1. The number of carbonyl (C=O) groups is 2. The lowest BCUT2D eigenvalue weighted by Gasteiger charge is -2.20. The van der Waals surface area contributed by atoms with Crippen LogP contribution >= 0.6 is 0 Å². The lowest BCUT2D eigenvalue weighted by Crippen LogP contribution is -2.39. The van der Waals surface area contributed by atoms with Crippen LogP contribution in [-0.4, -0.2) is 34.6 Å². The van der Waals surface area contributed by atoms with Crippen molar-refractivity contribution in [3.63, 3.8) is 0 Å². The molecule has 0 saturated carbocycles. The summed E-state index contributed by atoms with van der Waals surface area (Å²) in [5.74, 6) is -1.04. The van der Waals surface area contributed by atoms with Gasteiger partial charge in [-0.05, 0) is 39.8 Å². The third kappa shape index (κ3) is 4.22. The van der Waals surface area contributed by atoms with Gasteiger partial charge in [0.05, 0.1) is 11.5 Å². The van der Waals surface area contributed by atoms with E-state index in [0.717, 1.165) is 0 Å². The van der Waals surface area contributed by atoms with Gasteiger partial charge in [-0.1, -0.05) is 0 Å². The number of hydrogen-bond acceptors (Lipinski definition) is 4. The predicted octanol–water partition coefficient (Wildman–Crippen LogP) is 1.71. The van der Waals surface area contributed by atoms with E-state index >= 15 is 0 Å². The molecule has 1 heterocycles. The number of carboxylic acids is 1. The van der Waals surface area contributed by atoms with Crippen molar-refractivity contribution >= 4 is 11.9 Å². The van der Waals surface area contributed by atoms with Crippen molar-refractivity contribution in [2.24, 2.45) is 5.41 Å². The largest absolute Gasteiger partial charge is 0.489 e. The second-order valence-corrected chi connectivity index (χ2v) is 5.39. The molecule has 1 amide bonds. The van der Waals surface area contributed by atoms with Crippen LogP contribution in [0, 0.1) is 5.41 Å². The minimum atomic E-state index is -1.04. The van der Waals surface area contributed by atoms with Gasteiger partial charge in [0, 0.05) is 12.7 Å². The van der Waals surface area contributed by atoms with Gasteiger partial charge in [0.2, 0.25) is 0 Å². The van der Waals surface area contributed by atoms with E-state index in [0.29, 0.717) is 5.75 Å². The van der Waals surface area contributed by atoms with Gasteiger partial charge in [-0.3, -0.25) is 9.59 Å². The molecule has 0 fully saturated rings. The molecule has 110 valence electrons. The smallest absolute Gasteiger partial charge is 0.310 e. The molecule has 0 aliphatic rings. The van der Waals surface area contributed by atoms with Gasteiger partial charge >= 0.3 is 5.97 Å². The predicted molar refractivity (Wildman–Crippen MR) is 73.8 cm³/mol. The number of carbonyl (C=O) groups excluding carboxylic acids is 1. The summed E-state index contributed by atoms with van der Waals surface area (Å²) in [6.45, 7) is 6.79. The summed E-state index contributed by atoms with van der Waals surface area (Å²) >= 11 is 0. The summed E-state index contributed by atoms with van der Waals surface area (Å²) in [5.41, 5.74) is -0.883. The molecule has 6 nitrogen and oxygen atoms in total. The van der Waals surface area contributed by atoms with Gasteiger partial charge in [0.15, 0.2) is 11.4 Å². The van der Waals surface area contributed by atoms with Gasteiger partial charge in [0.1, 0.15) is 0 Å². The monoisotopic (exact) mass is 280 g/mol. The fraction of sp³-hybridized carbons (Fsp3) is 0.500. The van der Waals surface area contributed by atoms with Crippen LogP contribution < -0.4 is 10.1 Å². The van der Waals surface area contributed by atoms with Crippen LogP contribution in [0.4, 0.5) is 0 Å². The maximum atomic E-state index is 12.1. The van der Waals surface area contributed by atoms with Crippen LogP contribution in [0.1, 0.15) is 38.2 Å². The lowest BCUT2D eigenvalue weighted by atomic mass is 9.94. The summed E-state index contributed by atoms with van der Waals surface area (Å²) in [4.78, 5) is 27.1. The normalized spacial score (nSPS) is 11.2. The van der Waals surface area contributed by atoms with E-state index in [4.69, 9.17) is 9.84 Å². The fourth-order valence-corrected chi connectivity index (χ4v) is 1.37. The molecule has 1 aromatic heterocycles. The van der Waals surface area contributed by atoms with Crippen LogP contribution in [-0.2, 0) is 4.79 Å². The molecule has 0 saturated heterocycles. The molecule has 0 aromatic carbocycles. The molecule has 1 rings (SSSR count). The third-order valence-electron chi connectivity index (χ3n) is 2.62. The highest BCUT2D eigenvalue weighted by Gasteiger charge is 2.28. The first-order valence-electron chi connectivity index (χ1n) is 6.37. The fourth-order valence-electron chi connectivity index (χ4n) is 1.37. The molecule has 0 radical (unpaired) electrons. The van der Waals surface area contributed by atoms with E-state index in [1.165, 1.54) is 6.20 Å². The minimum Gasteiger partial charge on any atom is -0.489 e. The van der Waals surface area contributed by atoms with Gasteiger partial charge < -0.3 is 15.2 Å². The molecule has 0 atom stereocenters. The quantitative estimate of drug-likeness (QED) is 0.828. The number of nitrogens with zero attached hydrogens (tertiary/aromatic N) is 1. The van der Waals surface area contributed by atoms with Crippen molar-refractivity contribution in [3.8, 4) is 5.75 Å². The first-order valence-corrected chi connectivity index (χ1v) is 6.37. The summed E-state index contributed by atoms with van der Waals surface area (Å²) < 4.78 is 5.51. The topological polar surface area (TPSA) is 88.5 Å². The van der Waals surface area contributed by atoms with Crippen molar-refractivity contribution in [3.05, 3.63) is 24.0 Å². The van der Waals surface area contributed by atoms with Crippen LogP contribution in [0.25, 0.3) is 0 Å². The van der Waals surface area contributed by atoms with E-state index in [1.807, 2.05) is 13.8 Å². The number of amides is 1. The Morgan fingerprint density at radius 3 is 2.65 bits per heavy atom. The molecule has 0 aliphatic heterocycles. The first-order chi connectivity index (χ1) is 9.24. The number of aromatic nitrogens is 1. The molecular formula is C14H20N2O4. The van der Waals surface area contributed by atoms with E-state index in [-0.39, 0.29) is 18.3 Å². The number of aliphatic carboxylic acids is 1. The molecule has 2 N–H and O–H groups in total. The van der Waals surface area contributed by atoms with Gasteiger partial charge in [-0.25, -0.2) is 4.98 Å². The number of rotatable bonds is 6. The number of carboxylic acid groups (broad SMARTS) is 1. The Kier molecular flexibility index (Phi) is 5.07. The molecule has 1 aromatic rings. The highest BCUT2D eigenvalue weighted by atomic mass is 16.5. The first kappa shape index (κ1) is 15.9. The van der Waals surface area contributed by atoms with E-state index < -0.39 is 17.3 Å². The molecular weight excluding hydrogens is 260 g/mol. The van der Waals surface area contributed by atoms with Crippen molar-refractivity contribution in [1.29, 1.82) is 0 Å². The zero-order valence-corrected chi connectivity index (χ0v) is 12.1. The Hall–Kier alpha value is -2.11. The maximum absolute atomic E-state index is 12.1. The minimum absolute atomic E-state index is 0.0128. The SMILES string of the molecule is CC(C)Oc1cccnc1C(=O)NCC(C)(C)C(=O)O. The Bertz CT molecular complexity index is 498. The van der Waals surface area contributed by atoms with Crippen LogP contribution in [0.3, 0.4) is 0 Å². The Morgan fingerprint density at radius 2 is 2.10 bits per heavy atom.